The van der Waals surface area contributed by atoms with Crippen LogP contribution in [0.5, 0.6) is 0 Å². The summed E-state index contributed by atoms with van der Waals surface area (Å²) in [6.45, 7) is 12.1. The highest BCUT2D eigenvalue weighted by atomic mass is 14.2. The summed E-state index contributed by atoms with van der Waals surface area (Å²) in [4.78, 5) is 0. The van der Waals surface area contributed by atoms with Crippen LogP contribution in [0.3, 0.4) is 0 Å². The first-order valence-corrected chi connectivity index (χ1v) is 11.4. The van der Waals surface area contributed by atoms with Crippen molar-refractivity contribution in [3.63, 3.8) is 0 Å². The number of hydrogen-bond acceptors (Lipinski definition) is 0. The number of hydrogen-bond donors (Lipinski definition) is 0. The van der Waals surface area contributed by atoms with Crippen LogP contribution in [0.15, 0.2) is 111 Å². The zero-order valence-electron chi connectivity index (χ0n) is 19.1. The molecule has 0 aliphatic rings. The van der Waals surface area contributed by atoms with Gasteiger partial charge in [-0.25, -0.2) is 0 Å². The summed E-state index contributed by atoms with van der Waals surface area (Å²) in [5.74, 6) is 0. The molecule has 0 N–H and O–H groups in total. The standard InChI is InChI=1S/C33H30/c1-4-25-14-7-10-17-28(25)22-31-20-13-21-32(23-29-18-11-8-15-26(29)5-2)33(31)24-30-19-12-9-16-27(30)6-3/h4-21H,1-3,22-24H2. The van der Waals surface area contributed by atoms with Gasteiger partial charge in [0.1, 0.15) is 0 Å². The van der Waals surface area contributed by atoms with Crippen molar-refractivity contribution in [3.8, 4) is 0 Å². The largest absolute Gasteiger partial charge is 0.0985 e. The van der Waals surface area contributed by atoms with Crippen molar-refractivity contribution in [2.24, 2.45) is 0 Å². The summed E-state index contributed by atoms with van der Waals surface area (Å²) in [5.41, 5.74) is 11.6. The predicted molar refractivity (Wildman–Crippen MR) is 144 cm³/mol. The molecule has 4 aromatic carbocycles. The average molecular weight is 427 g/mol. The molecule has 0 bridgehead atoms. The fourth-order valence-electron chi connectivity index (χ4n) is 4.53. The van der Waals surface area contributed by atoms with E-state index in [1.165, 1.54) is 50.1 Å². The second kappa shape index (κ2) is 10.6. The lowest BCUT2D eigenvalue weighted by atomic mass is 9.86. The van der Waals surface area contributed by atoms with Gasteiger partial charge in [-0.1, -0.05) is 129 Å². The Balaban J connectivity index is 1.82. The van der Waals surface area contributed by atoms with Gasteiger partial charge in [0.05, 0.1) is 0 Å². The highest BCUT2D eigenvalue weighted by molar-refractivity contribution is 5.58. The minimum Gasteiger partial charge on any atom is -0.0985 e. The predicted octanol–water partition coefficient (Wildman–Crippen LogP) is 8.39. The average Bonchev–Trinajstić information content (AvgIpc) is 2.86. The molecule has 0 amide bonds. The molecule has 0 unspecified atom stereocenters. The molecule has 162 valence electrons. The van der Waals surface area contributed by atoms with Gasteiger partial charge in [0.15, 0.2) is 0 Å². The van der Waals surface area contributed by atoms with Crippen molar-refractivity contribution in [1.82, 2.24) is 0 Å². The van der Waals surface area contributed by atoms with Crippen LogP contribution in [0.4, 0.5) is 0 Å². The molecule has 0 heterocycles. The Labute approximate surface area is 198 Å². The van der Waals surface area contributed by atoms with E-state index in [1.54, 1.807) is 0 Å². The fourth-order valence-corrected chi connectivity index (χ4v) is 4.53. The molecule has 4 aromatic rings. The lowest BCUT2D eigenvalue weighted by Gasteiger charge is -2.18. The van der Waals surface area contributed by atoms with E-state index in [1.807, 2.05) is 18.2 Å². The topological polar surface area (TPSA) is 0 Å². The normalized spacial score (nSPS) is 10.5. The van der Waals surface area contributed by atoms with Crippen LogP contribution in [0.2, 0.25) is 0 Å². The molecule has 4 rings (SSSR count). The first kappa shape index (κ1) is 22.3. The first-order chi connectivity index (χ1) is 16.2. The van der Waals surface area contributed by atoms with E-state index in [4.69, 9.17) is 0 Å². The van der Waals surface area contributed by atoms with Crippen LogP contribution in [0, 0.1) is 0 Å². The van der Waals surface area contributed by atoms with Crippen molar-refractivity contribution >= 4 is 18.2 Å². The molecule has 0 saturated carbocycles. The maximum atomic E-state index is 4.04. The Morgan fingerprint density at radius 2 is 0.727 bits per heavy atom. The van der Waals surface area contributed by atoms with Crippen LogP contribution < -0.4 is 0 Å². The Kier molecular flexibility index (Phi) is 7.17. The van der Waals surface area contributed by atoms with Gasteiger partial charge in [0, 0.05) is 0 Å². The second-order valence-electron chi connectivity index (χ2n) is 8.29. The number of benzene rings is 4. The number of rotatable bonds is 9. The van der Waals surface area contributed by atoms with Crippen LogP contribution >= 0.6 is 0 Å². The lowest BCUT2D eigenvalue weighted by Crippen LogP contribution is -2.05. The summed E-state index contributed by atoms with van der Waals surface area (Å²) in [5, 5.41) is 0. The van der Waals surface area contributed by atoms with Gasteiger partial charge in [-0.3, -0.25) is 0 Å². The maximum absolute atomic E-state index is 4.04. The highest BCUT2D eigenvalue weighted by Crippen LogP contribution is 2.28. The Hall–Kier alpha value is -3.90. The zero-order chi connectivity index (χ0) is 23.0. The molecule has 0 heteroatoms. The maximum Gasteiger partial charge on any atom is -0.00141 e. The van der Waals surface area contributed by atoms with Gasteiger partial charge in [-0.2, -0.15) is 0 Å². The van der Waals surface area contributed by atoms with Crippen LogP contribution in [0.25, 0.3) is 18.2 Å². The molecule has 0 spiro atoms. The summed E-state index contributed by atoms with van der Waals surface area (Å²) in [6.07, 6.45) is 8.49. The lowest BCUT2D eigenvalue weighted by molar-refractivity contribution is 1.03. The van der Waals surface area contributed by atoms with Gasteiger partial charge < -0.3 is 0 Å². The summed E-state index contributed by atoms with van der Waals surface area (Å²) in [6, 6.07) is 32.3. The molecule has 0 nitrogen and oxygen atoms in total. The van der Waals surface area contributed by atoms with Gasteiger partial charge in [0.25, 0.3) is 0 Å². The first-order valence-electron chi connectivity index (χ1n) is 11.4. The molecule has 0 aliphatic heterocycles. The third-order valence-corrected chi connectivity index (χ3v) is 6.32. The van der Waals surface area contributed by atoms with E-state index in [0.717, 1.165) is 19.3 Å². The third kappa shape index (κ3) is 5.13. The van der Waals surface area contributed by atoms with E-state index < -0.39 is 0 Å². The van der Waals surface area contributed by atoms with Crippen molar-refractivity contribution in [3.05, 3.63) is 161 Å². The molecule has 0 radical (unpaired) electrons. The SMILES string of the molecule is C=Cc1ccccc1Cc1cccc(Cc2ccccc2C=C)c1Cc1ccccc1C=C. The van der Waals surface area contributed by atoms with Crippen molar-refractivity contribution in [2.75, 3.05) is 0 Å². The van der Waals surface area contributed by atoms with Crippen molar-refractivity contribution < 1.29 is 0 Å². The smallest absolute Gasteiger partial charge is 0.00141 e. The molecular weight excluding hydrogens is 396 g/mol. The van der Waals surface area contributed by atoms with E-state index >= 15 is 0 Å². The second-order valence-corrected chi connectivity index (χ2v) is 8.29. The van der Waals surface area contributed by atoms with Gasteiger partial charge >= 0.3 is 0 Å². The quantitative estimate of drug-likeness (QED) is 0.252. The van der Waals surface area contributed by atoms with Crippen molar-refractivity contribution in [1.29, 1.82) is 0 Å². The minimum absolute atomic E-state index is 0.875. The molecular formula is C33H30. The van der Waals surface area contributed by atoms with E-state index in [2.05, 4.69) is 111 Å². The summed E-state index contributed by atoms with van der Waals surface area (Å²) in [7, 11) is 0. The monoisotopic (exact) mass is 426 g/mol. The molecule has 0 saturated heterocycles. The molecule has 0 aliphatic carbocycles. The van der Waals surface area contributed by atoms with Gasteiger partial charge in [0.2, 0.25) is 0 Å². The van der Waals surface area contributed by atoms with Crippen molar-refractivity contribution in [2.45, 2.75) is 19.3 Å². The summed E-state index contributed by atoms with van der Waals surface area (Å²) < 4.78 is 0. The third-order valence-electron chi connectivity index (χ3n) is 6.32. The van der Waals surface area contributed by atoms with E-state index in [-0.39, 0.29) is 0 Å². The summed E-state index contributed by atoms with van der Waals surface area (Å²) >= 11 is 0. The molecule has 0 atom stereocenters. The van der Waals surface area contributed by atoms with E-state index in [0.29, 0.717) is 0 Å². The van der Waals surface area contributed by atoms with Crippen LogP contribution in [-0.4, -0.2) is 0 Å². The van der Waals surface area contributed by atoms with Gasteiger partial charge in [-0.05, 0) is 69.3 Å². The fraction of sp³-hybridized carbons (Fsp3) is 0.0909. The highest BCUT2D eigenvalue weighted by Gasteiger charge is 2.14. The van der Waals surface area contributed by atoms with Crippen LogP contribution in [-0.2, 0) is 19.3 Å². The Morgan fingerprint density at radius 1 is 0.394 bits per heavy atom. The molecule has 33 heavy (non-hydrogen) atoms. The Bertz CT molecular complexity index is 1220. The van der Waals surface area contributed by atoms with Crippen LogP contribution in [0.1, 0.15) is 50.1 Å². The molecule has 0 fully saturated rings. The van der Waals surface area contributed by atoms with E-state index in [9.17, 15) is 0 Å². The van der Waals surface area contributed by atoms with Gasteiger partial charge in [-0.15, -0.1) is 0 Å². The molecule has 0 aromatic heterocycles. The minimum atomic E-state index is 0.875. The zero-order valence-corrected chi connectivity index (χ0v) is 19.1. The Morgan fingerprint density at radius 3 is 1.12 bits per heavy atom.